The highest BCUT2D eigenvalue weighted by atomic mass is 79.9. The molecule has 1 amide bonds. The number of halogens is 1. The number of sulfonamides is 1. The quantitative estimate of drug-likeness (QED) is 0.878. The van der Waals surface area contributed by atoms with Crippen molar-refractivity contribution in [3.63, 3.8) is 0 Å². The number of pyridine rings is 1. The van der Waals surface area contributed by atoms with Crippen LogP contribution in [0.5, 0.6) is 0 Å². The average Bonchev–Trinajstić information content (AvgIpc) is 2.49. The van der Waals surface area contributed by atoms with Crippen LogP contribution in [0.15, 0.2) is 52.0 Å². The van der Waals surface area contributed by atoms with Gasteiger partial charge in [0.2, 0.25) is 10.0 Å². The fraction of sp³-hybridized carbons (Fsp3) is 0.143. The topological polar surface area (TPSA) is 79.4 Å². The number of amides is 1. The lowest BCUT2D eigenvalue weighted by Gasteiger charge is -2.11. The Morgan fingerprint density at radius 1 is 1.14 bits per heavy atom. The summed E-state index contributed by atoms with van der Waals surface area (Å²) in [5.41, 5.74) is 0.349. The van der Waals surface area contributed by atoms with Crippen molar-refractivity contribution in [2.24, 2.45) is 0 Å². The summed E-state index contributed by atoms with van der Waals surface area (Å²) < 4.78 is 25.8. The molecule has 1 N–H and O–H groups in total. The molecule has 0 saturated heterocycles. The molecule has 0 bridgehead atoms. The maximum atomic E-state index is 12.1. The molecule has 1 aromatic heterocycles. The van der Waals surface area contributed by atoms with Gasteiger partial charge in [-0.05, 0) is 52.3 Å². The third kappa shape index (κ3) is 3.70. The van der Waals surface area contributed by atoms with E-state index in [0.29, 0.717) is 11.4 Å². The molecule has 2 rings (SSSR count). The molecule has 22 heavy (non-hydrogen) atoms. The van der Waals surface area contributed by atoms with Gasteiger partial charge in [0.15, 0.2) is 0 Å². The molecule has 0 aliphatic rings. The lowest BCUT2D eigenvalue weighted by molar-refractivity contribution is 0.102. The van der Waals surface area contributed by atoms with Gasteiger partial charge in [0, 0.05) is 30.3 Å². The van der Waals surface area contributed by atoms with Crippen LogP contribution in [0.1, 0.15) is 10.4 Å². The van der Waals surface area contributed by atoms with Crippen molar-refractivity contribution in [1.82, 2.24) is 9.29 Å². The third-order valence-corrected chi connectivity index (χ3v) is 5.16. The molecule has 2 aromatic rings. The lowest BCUT2D eigenvalue weighted by atomic mass is 10.2. The molecule has 0 fully saturated rings. The maximum Gasteiger partial charge on any atom is 0.256 e. The second-order valence-electron chi connectivity index (χ2n) is 4.63. The second kappa shape index (κ2) is 6.55. The van der Waals surface area contributed by atoms with Gasteiger partial charge >= 0.3 is 0 Å². The first kappa shape index (κ1) is 16.6. The number of anilines is 1. The minimum Gasteiger partial charge on any atom is -0.307 e. The molecule has 0 unspecified atom stereocenters. The predicted octanol–water partition coefficient (Wildman–Crippen LogP) is 2.35. The fourth-order valence-electron chi connectivity index (χ4n) is 1.63. The summed E-state index contributed by atoms with van der Waals surface area (Å²) in [5, 5.41) is 2.64. The minimum absolute atomic E-state index is 0.135. The molecule has 0 aliphatic carbocycles. The van der Waals surface area contributed by atoms with E-state index in [4.69, 9.17) is 0 Å². The fourth-order valence-corrected chi connectivity index (χ4v) is 2.76. The summed E-state index contributed by atoms with van der Waals surface area (Å²) in [6.45, 7) is 0. The van der Waals surface area contributed by atoms with E-state index in [2.05, 4.69) is 26.2 Å². The number of carbonyl (C=O) groups is 1. The first-order valence-corrected chi connectivity index (χ1v) is 8.49. The van der Waals surface area contributed by atoms with Crippen molar-refractivity contribution in [2.75, 3.05) is 19.4 Å². The Balaban J connectivity index is 2.16. The summed E-state index contributed by atoms with van der Waals surface area (Å²) in [5.74, 6) is 0.0572. The van der Waals surface area contributed by atoms with Crippen LogP contribution in [0, 0.1) is 0 Å². The van der Waals surface area contributed by atoms with Crippen LogP contribution in [0.25, 0.3) is 0 Å². The third-order valence-electron chi connectivity index (χ3n) is 2.86. The predicted molar refractivity (Wildman–Crippen MR) is 87.2 cm³/mol. The van der Waals surface area contributed by atoms with Crippen molar-refractivity contribution < 1.29 is 13.2 Å². The summed E-state index contributed by atoms with van der Waals surface area (Å²) in [4.78, 5) is 16.2. The van der Waals surface area contributed by atoms with Crippen LogP contribution in [-0.2, 0) is 10.0 Å². The van der Waals surface area contributed by atoms with Crippen LogP contribution in [-0.4, -0.2) is 37.7 Å². The van der Waals surface area contributed by atoms with Gasteiger partial charge in [-0.1, -0.05) is 0 Å². The number of hydrogen-bond donors (Lipinski definition) is 1. The van der Waals surface area contributed by atoms with Crippen molar-refractivity contribution in [2.45, 2.75) is 4.90 Å². The monoisotopic (exact) mass is 383 g/mol. The highest BCUT2D eigenvalue weighted by Crippen LogP contribution is 2.15. The molecular formula is C14H14BrN3O3S. The summed E-state index contributed by atoms with van der Waals surface area (Å²) in [6.07, 6.45) is 1.57. The normalized spacial score (nSPS) is 11.5. The van der Waals surface area contributed by atoms with E-state index in [1.807, 2.05) is 0 Å². The zero-order chi connectivity index (χ0) is 16.3. The molecule has 0 aliphatic heterocycles. The highest BCUT2D eigenvalue weighted by Gasteiger charge is 2.17. The van der Waals surface area contributed by atoms with Crippen molar-refractivity contribution in [1.29, 1.82) is 0 Å². The van der Waals surface area contributed by atoms with E-state index in [1.165, 1.54) is 38.4 Å². The van der Waals surface area contributed by atoms with E-state index in [1.54, 1.807) is 18.3 Å². The zero-order valence-corrected chi connectivity index (χ0v) is 14.3. The SMILES string of the molecule is CN(C)S(=O)(=O)c1ccc(C(=O)Nc2ccc(Br)cn2)cc1. The second-order valence-corrected chi connectivity index (χ2v) is 7.70. The Morgan fingerprint density at radius 2 is 1.77 bits per heavy atom. The van der Waals surface area contributed by atoms with E-state index in [9.17, 15) is 13.2 Å². The number of hydrogen-bond acceptors (Lipinski definition) is 4. The molecule has 116 valence electrons. The molecule has 1 heterocycles. The highest BCUT2D eigenvalue weighted by molar-refractivity contribution is 9.10. The molecule has 0 spiro atoms. The number of aromatic nitrogens is 1. The molecule has 8 heteroatoms. The first-order chi connectivity index (χ1) is 10.3. The Hall–Kier alpha value is -1.77. The van der Waals surface area contributed by atoms with Gasteiger partial charge < -0.3 is 5.32 Å². The van der Waals surface area contributed by atoms with Crippen molar-refractivity contribution in [3.8, 4) is 0 Å². The van der Waals surface area contributed by atoms with Crippen LogP contribution >= 0.6 is 15.9 Å². The smallest absolute Gasteiger partial charge is 0.256 e. The zero-order valence-electron chi connectivity index (χ0n) is 11.9. The van der Waals surface area contributed by atoms with E-state index in [0.717, 1.165) is 8.78 Å². The van der Waals surface area contributed by atoms with E-state index >= 15 is 0 Å². The van der Waals surface area contributed by atoms with Gasteiger partial charge in [0.05, 0.1) is 4.90 Å². The molecule has 0 saturated carbocycles. The number of nitrogens with zero attached hydrogens (tertiary/aromatic N) is 2. The maximum absolute atomic E-state index is 12.1. The number of nitrogens with one attached hydrogen (secondary N) is 1. The molecule has 0 atom stereocenters. The van der Waals surface area contributed by atoms with Crippen molar-refractivity contribution in [3.05, 3.63) is 52.6 Å². The first-order valence-electron chi connectivity index (χ1n) is 6.26. The van der Waals surface area contributed by atoms with Crippen LogP contribution in [0.3, 0.4) is 0 Å². The van der Waals surface area contributed by atoms with Gasteiger partial charge in [0.25, 0.3) is 5.91 Å². The van der Waals surface area contributed by atoms with Crippen LogP contribution < -0.4 is 5.32 Å². The lowest BCUT2D eigenvalue weighted by Crippen LogP contribution is -2.22. The Kier molecular flexibility index (Phi) is 4.94. The molecule has 1 aromatic carbocycles. The summed E-state index contributed by atoms with van der Waals surface area (Å²) >= 11 is 3.26. The molecule has 6 nitrogen and oxygen atoms in total. The minimum atomic E-state index is -3.50. The van der Waals surface area contributed by atoms with Crippen molar-refractivity contribution >= 4 is 37.7 Å². The van der Waals surface area contributed by atoms with Gasteiger partial charge in [-0.25, -0.2) is 17.7 Å². The van der Waals surface area contributed by atoms with Crippen LogP contribution in [0.2, 0.25) is 0 Å². The van der Waals surface area contributed by atoms with Gasteiger partial charge in [0.1, 0.15) is 5.82 Å². The average molecular weight is 384 g/mol. The van der Waals surface area contributed by atoms with E-state index in [-0.39, 0.29) is 10.8 Å². The van der Waals surface area contributed by atoms with Gasteiger partial charge in [-0.15, -0.1) is 0 Å². The van der Waals surface area contributed by atoms with Gasteiger partial charge in [-0.3, -0.25) is 4.79 Å². The van der Waals surface area contributed by atoms with Gasteiger partial charge in [-0.2, -0.15) is 0 Å². The number of carbonyl (C=O) groups excluding carboxylic acids is 1. The largest absolute Gasteiger partial charge is 0.307 e. The molecular weight excluding hydrogens is 370 g/mol. The summed E-state index contributed by atoms with van der Waals surface area (Å²) in [7, 11) is -0.592. The van der Waals surface area contributed by atoms with Crippen LogP contribution in [0.4, 0.5) is 5.82 Å². The van der Waals surface area contributed by atoms with E-state index < -0.39 is 10.0 Å². The number of benzene rings is 1. The Morgan fingerprint density at radius 3 is 2.27 bits per heavy atom. The standard InChI is InChI=1S/C14H14BrN3O3S/c1-18(2)22(20,21)12-6-3-10(4-7-12)14(19)17-13-8-5-11(15)9-16-13/h3-9H,1-2H3,(H,16,17,19). The molecule has 0 radical (unpaired) electrons. The Bertz CT molecular complexity index is 772. The Labute approximate surface area is 137 Å². The summed E-state index contributed by atoms with van der Waals surface area (Å²) in [6, 6.07) is 9.15. The number of rotatable bonds is 4.